The summed E-state index contributed by atoms with van der Waals surface area (Å²) in [6, 6.07) is 6.01. The summed E-state index contributed by atoms with van der Waals surface area (Å²) in [5, 5.41) is 8.78. The molecule has 1 aromatic carbocycles. The lowest BCUT2D eigenvalue weighted by atomic mass is 10.1. The van der Waals surface area contributed by atoms with Crippen molar-refractivity contribution in [1.29, 1.82) is 0 Å². The van der Waals surface area contributed by atoms with Gasteiger partial charge in [0.15, 0.2) is 0 Å². The van der Waals surface area contributed by atoms with E-state index >= 15 is 0 Å². The van der Waals surface area contributed by atoms with E-state index < -0.39 is 0 Å². The fourth-order valence-corrected chi connectivity index (χ4v) is 2.25. The maximum absolute atomic E-state index is 8.78. The number of aliphatic hydroxyl groups excluding tert-OH is 1. The average molecular weight is 274 g/mol. The van der Waals surface area contributed by atoms with Crippen molar-refractivity contribution < 1.29 is 14.6 Å². The van der Waals surface area contributed by atoms with Crippen LogP contribution in [0.2, 0.25) is 0 Å². The van der Waals surface area contributed by atoms with Crippen LogP contribution in [0.3, 0.4) is 0 Å². The molecule has 0 aromatic heterocycles. The number of aliphatic hydroxyl groups is 1. The molecule has 0 amide bonds. The predicted octanol–water partition coefficient (Wildman–Crippen LogP) is 2.68. The summed E-state index contributed by atoms with van der Waals surface area (Å²) in [7, 11) is 0. The molecule has 1 aliphatic rings. The summed E-state index contributed by atoms with van der Waals surface area (Å²) >= 11 is 0. The molecule has 1 atom stereocenters. The SMILES string of the molecule is Cc1ccc(OCCC2CCCO2)c(C#CCCO)c1. The van der Waals surface area contributed by atoms with Gasteiger partial charge in [0, 0.05) is 19.4 Å². The maximum atomic E-state index is 8.78. The molecule has 1 aromatic rings. The first-order valence-corrected chi connectivity index (χ1v) is 7.24. The van der Waals surface area contributed by atoms with Crippen molar-refractivity contribution in [3.8, 4) is 17.6 Å². The molecule has 2 rings (SSSR count). The van der Waals surface area contributed by atoms with E-state index in [9.17, 15) is 0 Å². The summed E-state index contributed by atoms with van der Waals surface area (Å²) < 4.78 is 11.4. The zero-order valence-corrected chi connectivity index (χ0v) is 12.0. The number of rotatable bonds is 5. The number of hydrogen-bond acceptors (Lipinski definition) is 3. The van der Waals surface area contributed by atoms with Crippen LogP contribution in [-0.2, 0) is 4.74 Å². The van der Waals surface area contributed by atoms with E-state index in [2.05, 4.69) is 11.8 Å². The molecule has 3 heteroatoms. The average Bonchev–Trinajstić information content (AvgIpc) is 2.95. The van der Waals surface area contributed by atoms with E-state index in [4.69, 9.17) is 14.6 Å². The van der Waals surface area contributed by atoms with Gasteiger partial charge in [-0.3, -0.25) is 0 Å². The first-order chi connectivity index (χ1) is 9.79. The molecule has 0 saturated carbocycles. The lowest BCUT2D eigenvalue weighted by Gasteiger charge is -2.12. The van der Waals surface area contributed by atoms with Crippen LogP contribution < -0.4 is 4.74 Å². The van der Waals surface area contributed by atoms with Crippen LogP contribution in [-0.4, -0.2) is 31.0 Å². The second-order valence-corrected chi connectivity index (χ2v) is 5.05. The van der Waals surface area contributed by atoms with Gasteiger partial charge in [-0.1, -0.05) is 17.9 Å². The number of benzene rings is 1. The Morgan fingerprint density at radius 1 is 1.45 bits per heavy atom. The van der Waals surface area contributed by atoms with Crippen molar-refractivity contribution in [2.24, 2.45) is 0 Å². The summed E-state index contributed by atoms with van der Waals surface area (Å²) in [5.74, 6) is 6.83. The third kappa shape index (κ3) is 4.56. The third-order valence-corrected chi connectivity index (χ3v) is 3.32. The molecular formula is C17H22O3. The van der Waals surface area contributed by atoms with Gasteiger partial charge in [-0.25, -0.2) is 0 Å². The van der Waals surface area contributed by atoms with E-state index in [0.29, 0.717) is 19.1 Å². The molecule has 108 valence electrons. The van der Waals surface area contributed by atoms with Crippen molar-refractivity contribution in [2.45, 2.75) is 38.7 Å². The normalized spacial score (nSPS) is 17.6. The van der Waals surface area contributed by atoms with E-state index in [1.165, 1.54) is 0 Å². The van der Waals surface area contributed by atoms with Crippen LogP contribution in [0.1, 0.15) is 36.8 Å². The highest BCUT2D eigenvalue weighted by Crippen LogP contribution is 2.21. The molecule has 3 nitrogen and oxygen atoms in total. The van der Waals surface area contributed by atoms with E-state index in [-0.39, 0.29) is 6.61 Å². The highest BCUT2D eigenvalue weighted by atomic mass is 16.5. The lowest BCUT2D eigenvalue weighted by molar-refractivity contribution is 0.0903. The summed E-state index contributed by atoms with van der Waals surface area (Å²) in [6.07, 6.45) is 4.07. The van der Waals surface area contributed by atoms with Crippen molar-refractivity contribution in [3.05, 3.63) is 29.3 Å². The molecule has 0 aliphatic carbocycles. The van der Waals surface area contributed by atoms with Crippen molar-refractivity contribution in [3.63, 3.8) is 0 Å². The van der Waals surface area contributed by atoms with Gasteiger partial charge in [0.2, 0.25) is 0 Å². The first kappa shape index (κ1) is 14.9. The number of hydrogen-bond donors (Lipinski definition) is 1. The van der Waals surface area contributed by atoms with Gasteiger partial charge >= 0.3 is 0 Å². The summed E-state index contributed by atoms with van der Waals surface area (Å²) in [5.41, 5.74) is 2.05. The Kier molecular flexibility index (Phi) is 5.91. The van der Waals surface area contributed by atoms with Crippen molar-refractivity contribution >= 4 is 0 Å². The Morgan fingerprint density at radius 2 is 2.35 bits per heavy atom. The molecular weight excluding hydrogens is 252 g/mol. The van der Waals surface area contributed by atoms with Crippen LogP contribution in [0.4, 0.5) is 0 Å². The second kappa shape index (κ2) is 7.94. The van der Waals surface area contributed by atoms with E-state index in [1.54, 1.807) is 0 Å². The zero-order chi connectivity index (χ0) is 14.2. The standard InChI is InChI=1S/C17H22O3/c1-14-7-8-17(15(13-14)5-2-3-10-18)20-12-9-16-6-4-11-19-16/h7-8,13,16,18H,3-4,6,9-12H2,1H3. The molecule has 0 radical (unpaired) electrons. The van der Waals surface area contributed by atoms with Gasteiger partial charge < -0.3 is 14.6 Å². The van der Waals surface area contributed by atoms with Crippen LogP contribution >= 0.6 is 0 Å². The predicted molar refractivity (Wildman–Crippen MR) is 78.8 cm³/mol. The number of ether oxygens (including phenoxy) is 2. The highest BCUT2D eigenvalue weighted by Gasteiger charge is 2.15. The largest absolute Gasteiger partial charge is 0.492 e. The van der Waals surface area contributed by atoms with Crippen LogP contribution in [0.15, 0.2) is 18.2 Å². The smallest absolute Gasteiger partial charge is 0.134 e. The zero-order valence-electron chi connectivity index (χ0n) is 12.0. The number of aryl methyl sites for hydroxylation is 1. The van der Waals surface area contributed by atoms with Crippen LogP contribution in [0, 0.1) is 18.8 Å². The van der Waals surface area contributed by atoms with Gasteiger partial charge in [-0.2, -0.15) is 0 Å². The van der Waals surface area contributed by atoms with E-state index in [1.807, 2.05) is 25.1 Å². The topological polar surface area (TPSA) is 38.7 Å². The molecule has 1 heterocycles. The molecule has 1 unspecified atom stereocenters. The van der Waals surface area contributed by atoms with Gasteiger partial charge in [-0.15, -0.1) is 0 Å². The van der Waals surface area contributed by atoms with Crippen LogP contribution in [0.25, 0.3) is 0 Å². The molecule has 1 aliphatic heterocycles. The maximum Gasteiger partial charge on any atom is 0.134 e. The molecule has 1 fully saturated rings. The quantitative estimate of drug-likeness (QED) is 0.839. The Labute approximate surface area is 120 Å². The van der Waals surface area contributed by atoms with Gasteiger partial charge in [0.1, 0.15) is 5.75 Å². The van der Waals surface area contributed by atoms with Gasteiger partial charge in [0.05, 0.1) is 24.9 Å². The van der Waals surface area contributed by atoms with Crippen molar-refractivity contribution in [2.75, 3.05) is 19.8 Å². The Bertz CT molecular complexity index is 479. The monoisotopic (exact) mass is 274 g/mol. The van der Waals surface area contributed by atoms with Crippen molar-refractivity contribution in [1.82, 2.24) is 0 Å². The summed E-state index contributed by atoms with van der Waals surface area (Å²) in [4.78, 5) is 0. The van der Waals surface area contributed by atoms with Gasteiger partial charge in [0.25, 0.3) is 0 Å². The molecule has 1 N–H and O–H groups in total. The molecule has 0 bridgehead atoms. The highest BCUT2D eigenvalue weighted by molar-refractivity contribution is 5.48. The van der Waals surface area contributed by atoms with Gasteiger partial charge in [-0.05, 0) is 37.5 Å². The molecule has 1 saturated heterocycles. The minimum Gasteiger partial charge on any atom is -0.492 e. The third-order valence-electron chi connectivity index (χ3n) is 3.32. The summed E-state index contributed by atoms with van der Waals surface area (Å²) in [6.45, 7) is 3.66. The molecule has 0 spiro atoms. The Morgan fingerprint density at radius 3 is 3.10 bits per heavy atom. The fourth-order valence-electron chi connectivity index (χ4n) is 2.25. The minimum atomic E-state index is 0.0913. The minimum absolute atomic E-state index is 0.0913. The fraction of sp³-hybridized carbons (Fsp3) is 0.529. The van der Waals surface area contributed by atoms with Crippen LogP contribution in [0.5, 0.6) is 5.75 Å². The van der Waals surface area contributed by atoms with E-state index in [0.717, 1.165) is 42.7 Å². The first-order valence-electron chi connectivity index (χ1n) is 7.24. The Balaban J connectivity index is 1.93. The molecule has 20 heavy (non-hydrogen) atoms. The Hall–Kier alpha value is -1.50. The second-order valence-electron chi connectivity index (χ2n) is 5.05. The lowest BCUT2D eigenvalue weighted by Crippen LogP contribution is -2.11.